The third kappa shape index (κ3) is 3.46. The van der Waals surface area contributed by atoms with Crippen LogP contribution in [0.3, 0.4) is 0 Å². The highest BCUT2D eigenvalue weighted by Crippen LogP contribution is 2.39. The maximum absolute atomic E-state index is 12.1. The van der Waals surface area contributed by atoms with E-state index in [1.54, 1.807) is 0 Å². The summed E-state index contributed by atoms with van der Waals surface area (Å²) >= 11 is 0. The quantitative estimate of drug-likeness (QED) is 0.836. The summed E-state index contributed by atoms with van der Waals surface area (Å²) < 4.78 is 1.93. The third-order valence-electron chi connectivity index (χ3n) is 4.48. The van der Waals surface area contributed by atoms with E-state index in [9.17, 15) is 4.79 Å². The van der Waals surface area contributed by atoms with Crippen LogP contribution in [-0.2, 0) is 17.8 Å². The molecule has 0 saturated heterocycles. The van der Waals surface area contributed by atoms with E-state index in [4.69, 9.17) is 0 Å². The van der Waals surface area contributed by atoms with Gasteiger partial charge in [-0.25, -0.2) is 0 Å². The second-order valence-electron chi connectivity index (χ2n) is 6.91. The molecule has 0 bridgehead atoms. The molecule has 0 aliphatic heterocycles. The second-order valence-corrected chi connectivity index (χ2v) is 6.91. The van der Waals surface area contributed by atoms with Crippen LogP contribution < -0.4 is 0 Å². The Hall–Kier alpha value is -1.12. The minimum Gasteiger partial charge on any atom is -0.299 e. The first-order valence-electron chi connectivity index (χ1n) is 7.44. The van der Waals surface area contributed by atoms with Gasteiger partial charge in [0.1, 0.15) is 5.78 Å². The topological polar surface area (TPSA) is 34.9 Å². The summed E-state index contributed by atoms with van der Waals surface area (Å²) in [6, 6.07) is 0. The van der Waals surface area contributed by atoms with Gasteiger partial charge in [-0.05, 0) is 43.1 Å². The van der Waals surface area contributed by atoms with Crippen molar-refractivity contribution in [1.29, 1.82) is 0 Å². The first kappa shape index (κ1) is 14.3. The minimum atomic E-state index is 0.201. The van der Waals surface area contributed by atoms with E-state index in [0.29, 0.717) is 17.1 Å². The highest BCUT2D eigenvalue weighted by atomic mass is 16.1. The van der Waals surface area contributed by atoms with Crippen molar-refractivity contribution in [2.75, 3.05) is 0 Å². The molecule has 1 aliphatic carbocycles. The van der Waals surface area contributed by atoms with Crippen LogP contribution in [0.4, 0.5) is 0 Å². The standard InChI is InChI=1S/C16H26N2O/c1-5-18-11-12(10-17-18)8-13-9-14(16(2,3)4)6-7-15(13)19/h10-11,13-14H,5-9H2,1-4H3. The SMILES string of the molecule is CCn1cc(CC2CC(C(C)(C)C)CCC2=O)cn1. The largest absolute Gasteiger partial charge is 0.299 e. The summed E-state index contributed by atoms with van der Waals surface area (Å²) in [6.07, 6.45) is 7.72. The van der Waals surface area contributed by atoms with Crippen molar-refractivity contribution in [1.82, 2.24) is 9.78 Å². The Balaban J connectivity index is 2.03. The summed E-state index contributed by atoms with van der Waals surface area (Å²) in [6.45, 7) is 9.85. The Kier molecular flexibility index (Phi) is 4.12. The number of hydrogen-bond donors (Lipinski definition) is 0. The van der Waals surface area contributed by atoms with Gasteiger partial charge in [0.2, 0.25) is 0 Å². The predicted molar refractivity (Wildman–Crippen MR) is 76.9 cm³/mol. The van der Waals surface area contributed by atoms with E-state index in [-0.39, 0.29) is 5.92 Å². The molecular weight excluding hydrogens is 236 g/mol. The van der Waals surface area contributed by atoms with E-state index in [0.717, 1.165) is 32.2 Å². The van der Waals surface area contributed by atoms with Crippen LogP contribution in [0.1, 0.15) is 52.5 Å². The van der Waals surface area contributed by atoms with Crippen molar-refractivity contribution in [2.24, 2.45) is 17.3 Å². The van der Waals surface area contributed by atoms with Gasteiger partial charge in [-0.1, -0.05) is 20.8 Å². The summed E-state index contributed by atoms with van der Waals surface area (Å²) in [4.78, 5) is 12.1. The molecule has 106 valence electrons. The number of carbonyl (C=O) groups is 1. The maximum atomic E-state index is 12.1. The molecule has 2 unspecified atom stereocenters. The third-order valence-corrected chi connectivity index (χ3v) is 4.48. The summed E-state index contributed by atoms with van der Waals surface area (Å²) in [5.41, 5.74) is 1.52. The molecule has 2 rings (SSSR count). The molecule has 3 heteroatoms. The zero-order valence-corrected chi connectivity index (χ0v) is 12.6. The summed E-state index contributed by atoms with van der Waals surface area (Å²) in [7, 11) is 0. The lowest BCUT2D eigenvalue weighted by atomic mass is 9.68. The Bertz CT molecular complexity index is 442. The van der Waals surface area contributed by atoms with E-state index < -0.39 is 0 Å². The lowest BCUT2D eigenvalue weighted by molar-refractivity contribution is -0.126. The van der Waals surface area contributed by atoms with Gasteiger partial charge in [-0.3, -0.25) is 9.48 Å². The van der Waals surface area contributed by atoms with Gasteiger partial charge in [0, 0.05) is 25.1 Å². The monoisotopic (exact) mass is 262 g/mol. The molecule has 3 nitrogen and oxygen atoms in total. The average molecular weight is 262 g/mol. The second kappa shape index (κ2) is 5.48. The number of aryl methyl sites for hydroxylation is 1. The molecule has 1 aromatic heterocycles. The van der Waals surface area contributed by atoms with E-state index in [2.05, 4.69) is 39.0 Å². The Labute approximate surface area is 116 Å². The van der Waals surface area contributed by atoms with Crippen LogP contribution in [0, 0.1) is 17.3 Å². The van der Waals surface area contributed by atoms with Crippen molar-refractivity contribution in [3.63, 3.8) is 0 Å². The lowest BCUT2D eigenvalue weighted by Gasteiger charge is -2.37. The summed E-state index contributed by atoms with van der Waals surface area (Å²) in [5, 5.41) is 4.30. The van der Waals surface area contributed by atoms with Gasteiger partial charge in [0.15, 0.2) is 0 Å². The van der Waals surface area contributed by atoms with Crippen LogP contribution in [0.5, 0.6) is 0 Å². The molecule has 0 amide bonds. The van der Waals surface area contributed by atoms with E-state index >= 15 is 0 Å². The molecule has 0 aromatic carbocycles. The number of carbonyl (C=O) groups excluding carboxylic acids is 1. The molecule has 0 radical (unpaired) electrons. The zero-order valence-electron chi connectivity index (χ0n) is 12.6. The molecule has 1 heterocycles. The minimum absolute atomic E-state index is 0.201. The first-order valence-corrected chi connectivity index (χ1v) is 7.44. The van der Waals surface area contributed by atoms with E-state index in [1.165, 1.54) is 5.56 Å². The highest BCUT2D eigenvalue weighted by molar-refractivity contribution is 5.82. The van der Waals surface area contributed by atoms with Crippen molar-refractivity contribution in [2.45, 2.75) is 59.9 Å². The smallest absolute Gasteiger partial charge is 0.136 e. The molecular formula is C16H26N2O. The zero-order chi connectivity index (χ0) is 14.0. The number of Topliss-reactive ketones (excluding diaryl/α,β-unsaturated/α-hetero) is 1. The number of hydrogen-bond acceptors (Lipinski definition) is 2. The van der Waals surface area contributed by atoms with Crippen LogP contribution in [0.2, 0.25) is 0 Å². The van der Waals surface area contributed by atoms with Crippen LogP contribution in [0.25, 0.3) is 0 Å². The number of ketones is 1. The van der Waals surface area contributed by atoms with Gasteiger partial charge < -0.3 is 0 Å². The number of aromatic nitrogens is 2. The molecule has 19 heavy (non-hydrogen) atoms. The Morgan fingerprint density at radius 1 is 1.42 bits per heavy atom. The molecule has 2 atom stereocenters. The van der Waals surface area contributed by atoms with Gasteiger partial charge >= 0.3 is 0 Å². The van der Waals surface area contributed by atoms with Crippen LogP contribution in [0.15, 0.2) is 12.4 Å². The van der Waals surface area contributed by atoms with Crippen molar-refractivity contribution >= 4 is 5.78 Å². The first-order chi connectivity index (χ1) is 8.90. The molecule has 0 spiro atoms. The normalized spacial score (nSPS) is 24.7. The van der Waals surface area contributed by atoms with Crippen molar-refractivity contribution in [3.05, 3.63) is 18.0 Å². The maximum Gasteiger partial charge on any atom is 0.136 e. The highest BCUT2D eigenvalue weighted by Gasteiger charge is 2.34. The Morgan fingerprint density at radius 2 is 2.16 bits per heavy atom. The molecule has 1 aromatic rings. The van der Waals surface area contributed by atoms with Gasteiger partial charge in [-0.2, -0.15) is 5.10 Å². The summed E-state index contributed by atoms with van der Waals surface area (Å²) in [5.74, 6) is 1.31. The lowest BCUT2D eigenvalue weighted by Crippen LogP contribution is -2.33. The van der Waals surface area contributed by atoms with Crippen LogP contribution >= 0.6 is 0 Å². The fourth-order valence-corrected chi connectivity index (χ4v) is 3.07. The van der Waals surface area contributed by atoms with Crippen LogP contribution in [-0.4, -0.2) is 15.6 Å². The Morgan fingerprint density at radius 3 is 2.74 bits per heavy atom. The average Bonchev–Trinajstić information content (AvgIpc) is 2.78. The molecule has 1 fully saturated rings. The fraction of sp³-hybridized carbons (Fsp3) is 0.750. The van der Waals surface area contributed by atoms with Gasteiger partial charge in [-0.15, -0.1) is 0 Å². The molecule has 1 saturated carbocycles. The van der Waals surface area contributed by atoms with Crippen molar-refractivity contribution < 1.29 is 4.79 Å². The fourth-order valence-electron chi connectivity index (χ4n) is 3.07. The van der Waals surface area contributed by atoms with E-state index in [1.807, 2.05) is 10.9 Å². The number of rotatable bonds is 3. The predicted octanol–water partition coefficient (Wildman–Crippen LogP) is 3.48. The molecule has 0 N–H and O–H groups in total. The van der Waals surface area contributed by atoms with Gasteiger partial charge in [0.25, 0.3) is 0 Å². The van der Waals surface area contributed by atoms with Crippen molar-refractivity contribution in [3.8, 4) is 0 Å². The van der Waals surface area contributed by atoms with Gasteiger partial charge in [0.05, 0.1) is 6.20 Å². The molecule has 1 aliphatic rings. The number of nitrogens with zero attached hydrogens (tertiary/aromatic N) is 2.